The molecule has 3 rings (SSSR count). The predicted octanol–water partition coefficient (Wildman–Crippen LogP) is 3.32. The Labute approximate surface area is 119 Å². The number of aromatic nitrogens is 1. The third-order valence-electron chi connectivity index (χ3n) is 3.84. The third-order valence-corrected chi connectivity index (χ3v) is 3.84. The molecule has 2 heterocycles. The van der Waals surface area contributed by atoms with E-state index in [1.165, 1.54) is 0 Å². The summed E-state index contributed by atoms with van der Waals surface area (Å²) < 4.78 is 0. The molecule has 3 heteroatoms. The van der Waals surface area contributed by atoms with E-state index >= 15 is 0 Å². The number of anilines is 1. The highest BCUT2D eigenvalue weighted by Gasteiger charge is 2.29. The highest BCUT2D eigenvalue weighted by molar-refractivity contribution is 6.01. The number of rotatable bonds is 3. The van der Waals surface area contributed by atoms with Gasteiger partial charge in [-0.05, 0) is 43.5 Å². The minimum atomic E-state index is -0.0599. The third kappa shape index (κ3) is 2.57. The van der Waals surface area contributed by atoms with Crippen LogP contribution in [0.1, 0.15) is 29.6 Å². The first kappa shape index (κ1) is 12.9. The lowest BCUT2D eigenvalue weighted by Crippen LogP contribution is -2.44. The van der Waals surface area contributed by atoms with Gasteiger partial charge in [-0.1, -0.05) is 18.2 Å². The van der Waals surface area contributed by atoms with E-state index in [4.69, 9.17) is 0 Å². The van der Waals surface area contributed by atoms with Crippen molar-refractivity contribution in [2.75, 3.05) is 11.4 Å². The van der Waals surface area contributed by atoms with E-state index < -0.39 is 0 Å². The van der Waals surface area contributed by atoms with Gasteiger partial charge in [-0.25, -0.2) is 0 Å². The molecule has 1 unspecified atom stereocenters. The highest BCUT2D eigenvalue weighted by atomic mass is 16.1. The Bertz CT molecular complexity index is 568. The van der Waals surface area contributed by atoms with Crippen LogP contribution in [0.2, 0.25) is 0 Å². The summed E-state index contributed by atoms with van der Waals surface area (Å²) >= 11 is 0. The zero-order valence-corrected chi connectivity index (χ0v) is 11.4. The van der Waals surface area contributed by atoms with Gasteiger partial charge < -0.3 is 4.90 Å². The van der Waals surface area contributed by atoms with Gasteiger partial charge in [-0.15, -0.1) is 0 Å². The number of carbonyl (C=O) groups excluding carboxylic acids is 1. The molecule has 1 aromatic carbocycles. The summed E-state index contributed by atoms with van der Waals surface area (Å²) in [7, 11) is 0. The molecule has 0 aliphatic carbocycles. The van der Waals surface area contributed by atoms with Gasteiger partial charge >= 0.3 is 0 Å². The summed E-state index contributed by atoms with van der Waals surface area (Å²) in [5.74, 6) is 0.182. The first-order valence-corrected chi connectivity index (χ1v) is 7.12. The molecular formula is C17H18N2O. The minimum Gasteiger partial charge on any atom is -0.361 e. The van der Waals surface area contributed by atoms with E-state index in [9.17, 15) is 4.79 Å². The number of nitrogens with zero attached hydrogens (tertiary/aromatic N) is 2. The molecule has 1 aromatic heterocycles. The van der Waals surface area contributed by atoms with Gasteiger partial charge in [0.2, 0.25) is 0 Å². The summed E-state index contributed by atoms with van der Waals surface area (Å²) in [5.41, 5.74) is 1.84. The van der Waals surface area contributed by atoms with Crippen LogP contribution in [0.5, 0.6) is 0 Å². The molecule has 20 heavy (non-hydrogen) atoms. The maximum Gasteiger partial charge on any atom is 0.186 e. The fourth-order valence-corrected chi connectivity index (χ4v) is 2.83. The predicted molar refractivity (Wildman–Crippen MR) is 80.0 cm³/mol. The second-order valence-electron chi connectivity index (χ2n) is 5.15. The number of carbonyl (C=O) groups is 1. The Hall–Kier alpha value is -2.16. The second-order valence-corrected chi connectivity index (χ2v) is 5.15. The minimum absolute atomic E-state index is 0.0599. The summed E-state index contributed by atoms with van der Waals surface area (Å²) in [5, 5.41) is 0. The van der Waals surface area contributed by atoms with Crippen molar-refractivity contribution < 1.29 is 4.79 Å². The summed E-state index contributed by atoms with van der Waals surface area (Å²) in [6, 6.07) is 13.8. The van der Waals surface area contributed by atoms with Gasteiger partial charge in [0.15, 0.2) is 5.78 Å². The molecule has 0 N–H and O–H groups in total. The van der Waals surface area contributed by atoms with Crippen molar-refractivity contribution in [2.45, 2.75) is 25.3 Å². The van der Waals surface area contributed by atoms with Crippen molar-refractivity contribution in [3.05, 3.63) is 60.4 Å². The molecule has 0 amide bonds. The number of para-hydroxylation sites is 1. The topological polar surface area (TPSA) is 33.2 Å². The van der Waals surface area contributed by atoms with Crippen molar-refractivity contribution >= 4 is 11.5 Å². The van der Waals surface area contributed by atoms with Crippen molar-refractivity contribution in [2.24, 2.45) is 0 Å². The van der Waals surface area contributed by atoms with Gasteiger partial charge in [0.25, 0.3) is 0 Å². The van der Waals surface area contributed by atoms with Gasteiger partial charge in [-0.2, -0.15) is 0 Å². The number of ketones is 1. The number of piperidine rings is 1. The van der Waals surface area contributed by atoms with E-state index in [1.807, 2.05) is 30.3 Å². The molecule has 3 nitrogen and oxygen atoms in total. The van der Waals surface area contributed by atoms with E-state index in [1.54, 1.807) is 12.4 Å². The maximum absolute atomic E-state index is 12.7. The smallest absolute Gasteiger partial charge is 0.186 e. The van der Waals surface area contributed by atoms with Gasteiger partial charge in [0, 0.05) is 30.2 Å². The molecule has 1 aliphatic heterocycles. The summed E-state index contributed by atoms with van der Waals surface area (Å²) in [4.78, 5) is 19.0. The van der Waals surface area contributed by atoms with Crippen LogP contribution in [0.3, 0.4) is 0 Å². The molecule has 0 radical (unpaired) electrons. The van der Waals surface area contributed by atoms with Crippen LogP contribution in [-0.4, -0.2) is 23.4 Å². The Balaban J connectivity index is 1.88. The second kappa shape index (κ2) is 5.87. The molecular weight excluding hydrogens is 248 g/mol. The molecule has 1 fully saturated rings. The van der Waals surface area contributed by atoms with Gasteiger partial charge in [0.1, 0.15) is 0 Å². The fourth-order valence-electron chi connectivity index (χ4n) is 2.83. The zero-order chi connectivity index (χ0) is 13.8. The first-order valence-electron chi connectivity index (χ1n) is 7.12. The van der Waals surface area contributed by atoms with Crippen LogP contribution in [-0.2, 0) is 0 Å². The highest BCUT2D eigenvalue weighted by Crippen LogP contribution is 2.26. The number of pyridine rings is 1. The Morgan fingerprint density at radius 1 is 1.10 bits per heavy atom. The molecule has 102 valence electrons. The molecule has 0 bridgehead atoms. The average molecular weight is 266 g/mol. The molecule has 1 saturated heterocycles. The van der Waals surface area contributed by atoms with Crippen LogP contribution in [0, 0.1) is 0 Å². The monoisotopic (exact) mass is 266 g/mol. The number of hydrogen-bond acceptors (Lipinski definition) is 3. The quantitative estimate of drug-likeness (QED) is 0.799. The Kier molecular flexibility index (Phi) is 3.77. The van der Waals surface area contributed by atoms with E-state index in [2.05, 4.69) is 22.0 Å². The van der Waals surface area contributed by atoms with E-state index in [0.29, 0.717) is 5.56 Å². The molecule has 0 saturated carbocycles. The lowest BCUT2D eigenvalue weighted by molar-refractivity contribution is 0.0944. The van der Waals surface area contributed by atoms with Crippen molar-refractivity contribution in [1.29, 1.82) is 0 Å². The first-order chi connectivity index (χ1) is 9.86. The lowest BCUT2D eigenvalue weighted by atomic mass is 9.94. The zero-order valence-electron chi connectivity index (χ0n) is 11.4. The van der Waals surface area contributed by atoms with Gasteiger partial charge in [0.05, 0.1) is 6.04 Å². The van der Waals surface area contributed by atoms with Gasteiger partial charge in [-0.3, -0.25) is 9.78 Å². The Morgan fingerprint density at radius 3 is 2.70 bits per heavy atom. The number of benzene rings is 1. The summed E-state index contributed by atoms with van der Waals surface area (Å²) in [6.07, 6.45) is 6.54. The normalized spacial score (nSPS) is 18.8. The van der Waals surface area contributed by atoms with Crippen molar-refractivity contribution in [3.63, 3.8) is 0 Å². The number of Topliss-reactive ketones (excluding diaryl/α,β-unsaturated/α-hetero) is 1. The van der Waals surface area contributed by atoms with Crippen LogP contribution in [0.15, 0.2) is 54.9 Å². The van der Waals surface area contributed by atoms with E-state index in [0.717, 1.165) is 31.5 Å². The van der Waals surface area contributed by atoms with Crippen LogP contribution in [0.25, 0.3) is 0 Å². The number of hydrogen-bond donors (Lipinski definition) is 0. The molecule has 1 atom stereocenters. The Morgan fingerprint density at radius 2 is 1.95 bits per heavy atom. The van der Waals surface area contributed by atoms with Crippen LogP contribution >= 0.6 is 0 Å². The maximum atomic E-state index is 12.7. The van der Waals surface area contributed by atoms with Crippen molar-refractivity contribution in [3.8, 4) is 0 Å². The summed E-state index contributed by atoms with van der Waals surface area (Å²) in [6.45, 7) is 0.945. The molecule has 0 spiro atoms. The molecule has 2 aromatic rings. The fraction of sp³-hybridized carbons (Fsp3) is 0.294. The van der Waals surface area contributed by atoms with E-state index in [-0.39, 0.29) is 11.8 Å². The average Bonchev–Trinajstić information content (AvgIpc) is 2.56. The molecule has 1 aliphatic rings. The van der Waals surface area contributed by atoms with Crippen LogP contribution in [0.4, 0.5) is 5.69 Å². The largest absolute Gasteiger partial charge is 0.361 e. The SMILES string of the molecule is O=C(c1cccnc1)C1CCCCN1c1ccccc1. The van der Waals surface area contributed by atoms with Crippen LogP contribution < -0.4 is 4.90 Å². The lowest BCUT2D eigenvalue weighted by Gasteiger charge is -2.36. The van der Waals surface area contributed by atoms with Crippen molar-refractivity contribution in [1.82, 2.24) is 4.98 Å². The standard InChI is InChI=1S/C17H18N2O/c20-17(14-7-6-11-18-13-14)16-10-4-5-12-19(16)15-8-2-1-3-9-15/h1-3,6-9,11,13,16H,4-5,10,12H2.